The lowest BCUT2D eigenvalue weighted by atomic mass is 10.2. The van der Waals surface area contributed by atoms with Crippen LogP contribution in [-0.2, 0) is 13.1 Å². The Morgan fingerprint density at radius 1 is 1.30 bits per heavy atom. The molecule has 0 saturated heterocycles. The molecule has 0 atom stereocenters. The van der Waals surface area contributed by atoms with E-state index in [4.69, 9.17) is 4.74 Å². The maximum Gasteiger partial charge on any atom is 0.191 e. The summed E-state index contributed by atoms with van der Waals surface area (Å²) in [5.41, 5.74) is 1.06. The van der Waals surface area contributed by atoms with E-state index < -0.39 is 0 Å². The van der Waals surface area contributed by atoms with E-state index in [9.17, 15) is 0 Å². The van der Waals surface area contributed by atoms with E-state index in [-0.39, 0.29) is 0 Å². The summed E-state index contributed by atoms with van der Waals surface area (Å²) in [5, 5.41) is 6.70. The lowest BCUT2D eigenvalue weighted by Crippen LogP contribution is -2.37. The third-order valence-electron chi connectivity index (χ3n) is 4.12. The maximum absolute atomic E-state index is 5.70. The fourth-order valence-electron chi connectivity index (χ4n) is 2.68. The molecule has 0 unspecified atom stereocenters. The van der Waals surface area contributed by atoms with Gasteiger partial charge in [-0.25, -0.2) is 9.98 Å². The normalized spacial score (nSPS) is 11.3. The number of para-hydroxylation sites is 1. The molecule has 1 heterocycles. The Kier molecular flexibility index (Phi) is 8.96. The number of unbranched alkanes of at least 4 members (excludes halogenated alkanes) is 1. The highest BCUT2D eigenvalue weighted by Crippen LogP contribution is 2.18. The Hall–Kier alpha value is -2.76. The number of aromatic nitrogens is 2. The number of aliphatic imine (C=N–C) groups is 1. The first-order chi connectivity index (χ1) is 13.2. The largest absolute Gasteiger partial charge is 0.489 e. The number of ether oxygens (including phenoxy) is 1. The minimum absolute atomic E-state index is 0.495. The zero-order valence-electron chi connectivity index (χ0n) is 16.4. The standard InChI is InChI=1S/C21H31N5O/c1-4-16-27-20-11-7-6-10-19(20)17-25-21(22-5-2)24-12-8-9-14-26-15-13-23-18(26)3/h4,6-7,10-11,13,15H,1,5,8-9,12,14,16-17H2,2-3H3,(H2,22,24,25). The van der Waals surface area contributed by atoms with Gasteiger partial charge in [0, 0.05) is 37.6 Å². The first kappa shape index (κ1) is 20.6. The molecule has 2 rings (SSSR count). The van der Waals surface area contributed by atoms with E-state index in [2.05, 4.69) is 38.7 Å². The zero-order chi connectivity index (χ0) is 19.3. The number of nitrogens with one attached hydrogen (secondary N) is 2. The van der Waals surface area contributed by atoms with Crippen LogP contribution in [0.25, 0.3) is 0 Å². The van der Waals surface area contributed by atoms with Gasteiger partial charge in [0.25, 0.3) is 0 Å². The molecule has 2 aromatic rings. The third kappa shape index (κ3) is 7.17. The number of hydrogen-bond donors (Lipinski definition) is 2. The highest BCUT2D eigenvalue weighted by Gasteiger charge is 2.03. The van der Waals surface area contributed by atoms with Gasteiger partial charge in [-0.05, 0) is 32.8 Å². The molecule has 0 aliphatic rings. The van der Waals surface area contributed by atoms with Crippen LogP contribution < -0.4 is 15.4 Å². The predicted molar refractivity (Wildman–Crippen MR) is 111 cm³/mol. The fraction of sp³-hybridized carbons (Fsp3) is 0.429. The summed E-state index contributed by atoms with van der Waals surface area (Å²) in [5.74, 6) is 2.75. The van der Waals surface area contributed by atoms with Crippen molar-refractivity contribution >= 4 is 5.96 Å². The summed E-state index contributed by atoms with van der Waals surface area (Å²) in [4.78, 5) is 8.94. The maximum atomic E-state index is 5.70. The number of nitrogens with zero attached hydrogens (tertiary/aromatic N) is 3. The Balaban J connectivity index is 1.81. The molecule has 0 radical (unpaired) electrons. The lowest BCUT2D eigenvalue weighted by Gasteiger charge is -2.13. The van der Waals surface area contributed by atoms with E-state index in [1.54, 1.807) is 6.08 Å². The van der Waals surface area contributed by atoms with Crippen LogP contribution in [0.5, 0.6) is 5.75 Å². The van der Waals surface area contributed by atoms with Gasteiger partial charge in [0.15, 0.2) is 5.96 Å². The zero-order valence-corrected chi connectivity index (χ0v) is 16.4. The number of hydrogen-bond acceptors (Lipinski definition) is 3. The van der Waals surface area contributed by atoms with E-state index in [0.29, 0.717) is 13.2 Å². The Labute approximate surface area is 162 Å². The van der Waals surface area contributed by atoms with E-state index in [1.165, 1.54) is 0 Å². The van der Waals surface area contributed by atoms with Crippen LogP contribution in [0, 0.1) is 6.92 Å². The average molecular weight is 370 g/mol. The second-order valence-corrected chi connectivity index (χ2v) is 6.20. The van der Waals surface area contributed by atoms with Crippen molar-refractivity contribution < 1.29 is 4.74 Å². The molecule has 0 aliphatic heterocycles. The summed E-state index contributed by atoms with van der Waals surface area (Å²) in [6.45, 7) is 11.6. The van der Waals surface area contributed by atoms with Gasteiger partial charge >= 0.3 is 0 Å². The monoisotopic (exact) mass is 369 g/mol. The van der Waals surface area contributed by atoms with Crippen LogP contribution >= 0.6 is 0 Å². The van der Waals surface area contributed by atoms with Gasteiger partial charge in [-0.2, -0.15) is 0 Å². The SMILES string of the molecule is C=CCOc1ccccc1CN=C(NCC)NCCCCn1ccnc1C. The third-order valence-corrected chi connectivity index (χ3v) is 4.12. The molecule has 0 saturated carbocycles. The van der Waals surface area contributed by atoms with Crippen molar-refractivity contribution in [2.24, 2.45) is 4.99 Å². The van der Waals surface area contributed by atoms with Crippen LogP contribution in [0.4, 0.5) is 0 Å². The van der Waals surface area contributed by atoms with Crippen molar-refractivity contribution in [2.75, 3.05) is 19.7 Å². The van der Waals surface area contributed by atoms with Crippen molar-refractivity contribution in [3.63, 3.8) is 0 Å². The van der Waals surface area contributed by atoms with Crippen LogP contribution in [0.1, 0.15) is 31.2 Å². The summed E-state index contributed by atoms with van der Waals surface area (Å²) in [7, 11) is 0. The molecular weight excluding hydrogens is 338 g/mol. The quantitative estimate of drug-likeness (QED) is 0.276. The number of guanidine groups is 1. The van der Waals surface area contributed by atoms with Crippen molar-refractivity contribution in [3.8, 4) is 5.75 Å². The molecule has 2 N–H and O–H groups in total. The first-order valence-electron chi connectivity index (χ1n) is 9.56. The summed E-state index contributed by atoms with van der Waals surface area (Å²) < 4.78 is 7.88. The Morgan fingerprint density at radius 2 is 2.15 bits per heavy atom. The van der Waals surface area contributed by atoms with E-state index >= 15 is 0 Å². The van der Waals surface area contributed by atoms with Crippen molar-refractivity contribution in [1.82, 2.24) is 20.2 Å². The second kappa shape index (κ2) is 11.8. The van der Waals surface area contributed by atoms with Gasteiger partial charge in [-0.1, -0.05) is 30.9 Å². The van der Waals surface area contributed by atoms with Gasteiger partial charge in [0.05, 0.1) is 6.54 Å². The van der Waals surface area contributed by atoms with Crippen LogP contribution in [0.15, 0.2) is 54.3 Å². The molecule has 146 valence electrons. The molecule has 0 fully saturated rings. The van der Waals surface area contributed by atoms with E-state index in [1.807, 2.05) is 43.6 Å². The number of imidazole rings is 1. The highest BCUT2D eigenvalue weighted by molar-refractivity contribution is 5.79. The van der Waals surface area contributed by atoms with Gasteiger partial charge in [-0.3, -0.25) is 0 Å². The second-order valence-electron chi connectivity index (χ2n) is 6.20. The van der Waals surface area contributed by atoms with Gasteiger partial charge in [-0.15, -0.1) is 0 Å². The van der Waals surface area contributed by atoms with E-state index in [0.717, 1.165) is 55.6 Å². The molecule has 6 nitrogen and oxygen atoms in total. The predicted octanol–water partition coefficient (Wildman–Crippen LogP) is 3.29. The molecule has 1 aromatic carbocycles. The Morgan fingerprint density at radius 3 is 2.89 bits per heavy atom. The number of aryl methyl sites for hydroxylation is 2. The highest BCUT2D eigenvalue weighted by atomic mass is 16.5. The van der Waals surface area contributed by atoms with Gasteiger partial charge < -0.3 is 19.9 Å². The molecule has 1 aromatic heterocycles. The molecular formula is C21H31N5O. The molecule has 0 amide bonds. The first-order valence-corrected chi connectivity index (χ1v) is 9.56. The van der Waals surface area contributed by atoms with Crippen LogP contribution in [0.3, 0.4) is 0 Å². The van der Waals surface area contributed by atoms with Crippen molar-refractivity contribution in [3.05, 3.63) is 60.7 Å². The van der Waals surface area contributed by atoms with Crippen LogP contribution in [0.2, 0.25) is 0 Å². The molecule has 27 heavy (non-hydrogen) atoms. The smallest absolute Gasteiger partial charge is 0.191 e. The van der Waals surface area contributed by atoms with Crippen molar-refractivity contribution in [2.45, 2.75) is 39.8 Å². The Bertz CT molecular complexity index is 723. The van der Waals surface area contributed by atoms with Crippen LogP contribution in [-0.4, -0.2) is 35.2 Å². The summed E-state index contributed by atoms with van der Waals surface area (Å²) in [6.07, 6.45) is 7.79. The summed E-state index contributed by atoms with van der Waals surface area (Å²) in [6, 6.07) is 7.98. The van der Waals surface area contributed by atoms with Gasteiger partial charge in [0.2, 0.25) is 0 Å². The topological polar surface area (TPSA) is 63.5 Å². The number of benzene rings is 1. The number of rotatable bonds is 11. The molecule has 0 bridgehead atoms. The molecule has 6 heteroatoms. The molecule has 0 spiro atoms. The fourth-order valence-corrected chi connectivity index (χ4v) is 2.68. The van der Waals surface area contributed by atoms with Gasteiger partial charge in [0.1, 0.15) is 18.2 Å². The molecule has 0 aliphatic carbocycles. The lowest BCUT2D eigenvalue weighted by molar-refractivity contribution is 0.359. The minimum Gasteiger partial charge on any atom is -0.489 e. The average Bonchev–Trinajstić information content (AvgIpc) is 3.09. The summed E-state index contributed by atoms with van der Waals surface area (Å²) >= 11 is 0. The minimum atomic E-state index is 0.495. The van der Waals surface area contributed by atoms with Crippen molar-refractivity contribution in [1.29, 1.82) is 0 Å².